The van der Waals surface area contributed by atoms with Crippen molar-refractivity contribution in [2.24, 2.45) is 4.99 Å². The molecular formula is C21H30N4O2S2. The Morgan fingerprint density at radius 3 is 2.31 bits per heavy atom. The molecule has 6 nitrogen and oxygen atoms in total. The number of nitrogens with one attached hydrogen (secondary N) is 2. The Hall–Kier alpha value is -2.03. The molecule has 0 aromatic heterocycles. The molecule has 0 atom stereocenters. The van der Waals surface area contributed by atoms with Gasteiger partial charge in [-0.15, -0.1) is 11.8 Å². The van der Waals surface area contributed by atoms with Crippen molar-refractivity contribution in [1.29, 1.82) is 0 Å². The number of hydrogen-bond donors (Lipinski definition) is 2. The number of benzene rings is 2. The molecule has 0 spiro atoms. The summed E-state index contributed by atoms with van der Waals surface area (Å²) in [6.45, 7) is 5.06. The predicted octanol–water partition coefficient (Wildman–Crippen LogP) is 3.17. The van der Waals surface area contributed by atoms with Gasteiger partial charge in [0.15, 0.2) is 5.96 Å². The first-order chi connectivity index (χ1) is 13.8. The van der Waals surface area contributed by atoms with Crippen LogP contribution >= 0.6 is 11.8 Å². The molecular weight excluding hydrogens is 404 g/mol. The first-order valence-electron chi connectivity index (χ1n) is 9.54. The number of aliphatic imine (C=N–C) groups is 1. The molecule has 2 rings (SSSR count). The highest BCUT2D eigenvalue weighted by Crippen LogP contribution is 2.17. The lowest BCUT2D eigenvalue weighted by atomic mass is 10.2. The highest BCUT2D eigenvalue weighted by Gasteiger charge is 2.22. The van der Waals surface area contributed by atoms with E-state index in [2.05, 4.69) is 27.8 Å². The molecule has 0 fully saturated rings. The van der Waals surface area contributed by atoms with E-state index in [4.69, 9.17) is 0 Å². The van der Waals surface area contributed by atoms with Crippen LogP contribution in [0.3, 0.4) is 0 Å². The van der Waals surface area contributed by atoms with Gasteiger partial charge in [-0.1, -0.05) is 30.3 Å². The van der Waals surface area contributed by atoms with Crippen LogP contribution in [0, 0.1) is 0 Å². The molecule has 29 heavy (non-hydrogen) atoms. The fraction of sp³-hybridized carbons (Fsp3) is 0.381. The van der Waals surface area contributed by atoms with Crippen molar-refractivity contribution >= 4 is 27.7 Å². The summed E-state index contributed by atoms with van der Waals surface area (Å²) >= 11 is 1.79. The van der Waals surface area contributed by atoms with Gasteiger partial charge in [0.05, 0.1) is 4.90 Å². The molecule has 0 unspecified atom stereocenters. The van der Waals surface area contributed by atoms with Crippen LogP contribution in [0.25, 0.3) is 0 Å². The van der Waals surface area contributed by atoms with E-state index in [-0.39, 0.29) is 6.04 Å². The molecule has 0 saturated heterocycles. The topological polar surface area (TPSA) is 73.8 Å². The number of sulfonamides is 1. The maximum absolute atomic E-state index is 12.5. The molecule has 0 amide bonds. The van der Waals surface area contributed by atoms with Gasteiger partial charge in [0.2, 0.25) is 10.0 Å². The minimum atomic E-state index is -3.45. The molecule has 0 aliphatic heterocycles. The molecule has 0 saturated carbocycles. The summed E-state index contributed by atoms with van der Waals surface area (Å²) in [6, 6.07) is 17.1. The quantitative estimate of drug-likeness (QED) is 0.274. The number of thioether (sulfide) groups is 1. The Balaban J connectivity index is 1.82. The predicted molar refractivity (Wildman–Crippen MR) is 122 cm³/mol. The van der Waals surface area contributed by atoms with Crippen LogP contribution in [0.1, 0.15) is 19.4 Å². The van der Waals surface area contributed by atoms with Crippen molar-refractivity contribution in [3.8, 4) is 0 Å². The van der Waals surface area contributed by atoms with Gasteiger partial charge in [-0.05, 0) is 43.7 Å². The van der Waals surface area contributed by atoms with Crippen molar-refractivity contribution < 1.29 is 8.42 Å². The maximum atomic E-state index is 12.5. The lowest BCUT2D eigenvalue weighted by Gasteiger charge is -2.21. The van der Waals surface area contributed by atoms with Crippen molar-refractivity contribution in [3.05, 3.63) is 60.2 Å². The average molecular weight is 435 g/mol. The van der Waals surface area contributed by atoms with Gasteiger partial charge in [0.1, 0.15) is 0 Å². The zero-order chi connectivity index (χ0) is 21.3. The fourth-order valence-electron chi connectivity index (χ4n) is 2.48. The second kappa shape index (κ2) is 11.2. The van der Waals surface area contributed by atoms with Crippen molar-refractivity contribution in [1.82, 2.24) is 14.9 Å². The zero-order valence-corrected chi connectivity index (χ0v) is 19.1. The van der Waals surface area contributed by atoms with E-state index < -0.39 is 10.0 Å². The first kappa shape index (κ1) is 23.3. The third-order valence-corrected chi connectivity index (χ3v) is 7.48. The molecule has 0 heterocycles. The van der Waals surface area contributed by atoms with E-state index in [1.165, 1.54) is 9.20 Å². The van der Waals surface area contributed by atoms with Gasteiger partial charge in [-0.2, -0.15) is 4.31 Å². The zero-order valence-electron chi connectivity index (χ0n) is 17.4. The Kier molecular flexibility index (Phi) is 9.00. The minimum absolute atomic E-state index is 0.0872. The van der Waals surface area contributed by atoms with Crippen LogP contribution in [0.2, 0.25) is 0 Å². The largest absolute Gasteiger partial charge is 0.356 e. The molecule has 158 valence electrons. The summed E-state index contributed by atoms with van der Waals surface area (Å²) in [6.07, 6.45) is 0. The lowest BCUT2D eigenvalue weighted by Crippen LogP contribution is -2.38. The van der Waals surface area contributed by atoms with Crippen molar-refractivity contribution in [3.63, 3.8) is 0 Å². The highest BCUT2D eigenvalue weighted by molar-refractivity contribution is 7.99. The number of nitrogens with zero attached hydrogens (tertiary/aromatic N) is 2. The molecule has 2 N–H and O–H groups in total. The molecule has 0 aliphatic carbocycles. The summed E-state index contributed by atoms with van der Waals surface area (Å²) < 4.78 is 26.4. The van der Waals surface area contributed by atoms with Gasteiger partial charge in [0.25, 0.3) is 0 Å². The molecule has 0 bridgehead atoms. The molecule has 2 aromatic rings. The third-order valence-electron chi connectivity index (χ3n) is 4.42. The fourth-order valence-corrected chi connectivity index (χ4v) is 4.64. The minimum Gasteiger partial charge on any atom is -0.356 e. The molecule has 0 radical (unpaired) electrons. The standard InChI is InChI=1S/C21H30N4O2S2/c1-17(2)25(4)29(26,27)20-12-10-18(11-13-20)16-24-21(22-3)23-14-15-28-19-8-6-5-7-9-19/h5-13,17H,14-16H2,1-4H3,(H2,22,23,24). The van der Waals surface area contributed by atoms with Crippen molar-refractivity contribution in [2.75, 3.05) is 26.4 Å². The number of guanidine groups is 1. The molecule has 0 aliphatic rings. The van der Waals surface area contributed by atoms with E-state index >= 15 is 0 Å². The van der Waals surface area contributed by atoms with Crippen LogP contribution in [0.5, 0.6) is 0 Å². The van der Waals surface area contributed by atoms with Gasteiger partial charge in [0, 0.05) is 43.9 Å². The Morgan fingerprint density at radius 1 is 1.07 bits per heavy atom. The first-order valence-corrected chi connectivity index (χ1v) is 12.0. The van der Waals surface area contributed by atoms with Crippen LogP contribution in [-0.4, -0.2) is 51.1 Å². The second-order valence-electron chi connectivity index (χ2n) is 6.77. The lowest BCUT2D eigenvalue weighted by molar-refractivity contribution is 0.410. The van der Waals surface area contributed by atoms with Crippen LogP contribution in [-0.2, 0) is 16.6 Å². The van der Waals surface area contributed by atoms with Crippen LogP contribution in [0.4, 0.5) is 0 Å². The second-order valence-corrected chi connectivity index (χ2v) is 9.94. The summed E-state index contributed by atoms with van der Waals surface area (Å²) in [5.74, 6) is 1.65. The smallest absolute Gasteiger partial charge is 0.243 e. The van der Waals surface area contributed by atoms with Crippen molar-refractivity contribution in [2.45, 2.75) is 36.2 Å². The summed E-state index contributed by atoms with van der Waals surface area (Å²) in [7, 11) is -0.123. The Bertz CT molecular complexity index is 883. The van der Waals surface area contributed by atoms with E-state index in [1.807, 2.05) is 44.2 Å². The van der Waals surface area contributed by atoms with E-state index in [0.717, 1.165) is 23.8 Å². The molecule has 2 aromatic carbocycles. The normalized spacial score (nSPS) is 12.4. The van der Waals surface area contributed by atoms with E-state index in [1.54, 1.807) is 38.0 Å². The van der Waals surface area contributed by atoms with E-state index in [0.29, 0.717) is 11.4 Å². The third kappa shape index (κ3) is 7.06. The summed E-state index contributed by atoms with van der Waals surface area (Å²) in [5, 5.41) is 6.54. The summed E-state index contributed by atoms with van der Waals surface area (Å²) in [4.78, 5) is 5.78. The Labute approximate surface area is 178 Å². The van der Waals surface area contributed by atoms with Gasteiger partial charge in [-0.3, -0.25) is 4.99 Å². The van der Waals surface area contributed by atoms with Crippen LogP contribution in [0.15, 0.2) is 69.4 Å². The van der Waals surface area contributed by atoms with Gasteiger partial charge >= 0.3 is 0 Å². The number of hydrogen-bond acceptors (Lipinski definition) is 4. The van der Waals surface area contributed by atoms with Gasteiger partial charge in [-0.25, -0.2) is 8.42 Å². The highest BCUT2D eigenvalue weighted by atomic mass is 32.2. The van der Waals surface area contributed by atoms with Gasteiger partial charge < -0.3 is 10.6 Å². The average Bonchev–Trinajstić information content (AvgIpc) is 2.73. The SMILES string of the molecule is CN=C(NCCSc1ccccc1)NCc1ccc(S(=O)(=O)N(C)C(C)C)cc1. The molecule has 8 heteroatoms. The Morgan fingerprint density at radius 2 is 1.72 bits per heavy atom. The van der Waals surface area contributed by atoms with E-state index in [9.17, 15) is 8.42 Å². The number of rotatable bonds is 9. The maximum Gasteiger partial charge on any atom is 0.243 e. The van der Waals surface area contributed by atoms with Crippen LogP contribution < -0.4 is 10.6 Å². The summed E-state index contributed by atoms with van der Waals surface area (Å²) in [5.41, 5.74) is 0.984. The monoisotopic (exact) mass is 434 g/mol.